The molecule has 0 saturated heterocycles. The molecule has 0 aliphatic rings. The Morgan fingerprint density at radius 3 is 2.85 bits per heavy atom. The third-order valence-corrected chi connectivity index (χ3v) is 3.83. The lowest BCUT2D eigenvalue weighted by Crippen LogP contribution is -2.18. The molecule has 1 aromatic rings. The van der Waals surface area contributed by atoms with E-state index in [2.05, 4.69) is 42.1 Å². The van der Waals surface area contributed by atoms with E-state index in [1.165, 1.54) is 31.2 Å². The molecule has 1 unspecified atom stereocenters. The number of hydrogen-bond donors (Lipinski definition) is 1. The van der Waals surface area contributed by atoms with Crippen LogP contribution in [-0.2, 0) is 17.8 Å². The topological polar surface area (TPSA) is 39.1 Å². The maximum Gasteiger partial charge on any atom is 0.0638 e. The largest absolute Gasteiger partial charge is 0.383 e. The van der Waals surface area contributed by atoms with Crippen LogP contribution in [0.15, 0.2) is 6.20 Å². The summed E-state index contributed by atoms with van der Waals surface area (Å²) in [5.74, 6) is 0.753. The molecule has 0 aromatic carbocycles. The van der Waals surface area contributed by atoms with Crippen molar-refractivity contribution < 1.29 is 4.74 Å². The van der Waals surface area contributed by atoms with Gasteiger partial charge >= 0.3 is 0 Å². The summed E-state index contributed by atoms with van der Waals surface area (Å²) in [4.78, 5) is 0. The van der Waals surface area contributed by atoms with Crippen molar-refractivity contribution >= 4 is 0 Å². The van der Waals surface area contributed by atoms with E-state index in [0.717, 1.165) is 37.9 Å². The smallest absolute Gasteiger partial charge is 0.0638 e. The Balaban J connectivity index is 2.46. The first-order valence-electron chi connectivity index (χ1n) is 7.93. The summed E-state index contributed by atoms with van der Waals surface area (Å²) in [5.41, 5.74) is 2.44. The average molecular weight is 281 g/mol. The van der Waals surface area contributed by atoms with Crippen LogP contribution in [0.2, 0.25) is 0 Å². The Labute approximate surface area is 123 Å². The molecular weight excluding hydrogens is 250 g/mol. The molecule has 0 bridgehead atoms. The molecule has 1 N–H and O–H groups in total. The van der Waals surface area contributed by atoms with Crippen molar-refractivity contribution in [2.75, 3.05) is 20.3 Å². The molecule has 4 nitrogen and oxygen atoms in total. The standard InChI is InChI=1S/C16H31N3O/c1-5-7-8-15(6-2)12-19-13-16(14(3)18-19)11-17-9-10-20-4/h13,15,17H,5-12H2,1-4H3. The molecule has 20 heavy (non-hydrogen) atoms. The van der Waals surface area contributed by atoms with E-state index in [0.29, 0.717) is 0 Å². The molecule has 1 aromatic heterocycles. The highest BCUT2D eigenvalue weighted by Crippen LogP contribution is 2.16. The van der Waals surface area contributed by atoms with E-state index in [1.807, 2.05) is 0 Å². The number of methoxy groups -OCH3 is 1. The minimum atomic E-state index is 0.752. The fourth-order valence-electron chi connectivity index (χ4n) is 2.41. The van der Waals surface area contributed by atoms with E-state index in [4.69, 9.17) is 4.74 Å². The van der Waals surface area contributed by atoms with Gasteiger partial charge in [-0.2, -0.15) is 5.10 Å². The van der Waals surface area contributed by atoms with E-state index in [1.54, 1.807) is 7.11 Å². The van der Waals surface area contributed by atoms with Gasteiger partial charge in [0.2, 0.25) is 0 Å². The van der Waals surface area contributed by atoms with Crippen molar-refractivity contribution in [2.24, 2.45) is 5.92 Å². The van der Waals surface area contributed by atoms with Gasteiger partial charge < -0.3 is 10.1 Å². The predicted octanol–water partition coefficient (Wildman–Crippen LogP) is 3.14. The van der Waals surface area contributed by atoms with Crippen molar-refractivity contribution in [3.63, 3.8) is 0 Å². The monoisotopic (exact) mass is 281 g/mol. The number of aromatic nitrogens is 2. The number of nitrogens with zero attached hydrogens (tertiary/aromatic N) is 2. The average Bonchev–Trinajstić information content (AvgIpc) is 2.79. The van der Waals surface area contributed by atoms with Crippen LogP contribution in [0, 0.1) is 12.8 Å². The third kappa shape index (κ3) is 6.06. The van der Waals surface area contributed by atoms with Gasteiger partial charge in [0.05, 0.1) is 12.3 Å². The van der Waals surface area contributed by atoms with Crippen LogP contribution in [0.3, 0.4) is 0 Å². The van der Waals surface area contributed by atoms with Gasteiger partial charge in [-0.3, -0.25) is 4.68 Å². The summed E-state index contributed by atoms with van der Waals surface area (Å²) >= 11 is 0. The molecular formula is C16H31N3O. The van der Waals surface area contributed by atoms with Gasteiger partial charge in [0.15, 0.2) is 0 Å². The fraction of sp³-hybridized carbons (Fsp3) is 0.812. The van der Waals surface area contributed by atoms with Gasteiger partial charge in [0.1, 0.15) is 0 Å². The normalized spacial score (nSPS) is 12.8. The molecule has 0 spiro atoms. The number of unbranched alkanes of at least 4 members (excludes halogenated alkanes) is 1. The van der Waals surface area contributed by atoms with E-state index >= 15 is 0 Å². The molecule has 1 rings (SSSR count). The van der Waals surface area contributed by atoms with Crippen molar-refractivity contribution in [2.45, 2.75) is 59.5 Å². The Kier molecular flexibility index (Phi) is 8.54. The van der Waals surface area contributed by atoms with Gasteiger partial charge in [-0.1, -0.05) is 33.1 Å². The highest BCUT2D eigenvalue weighted by molar-refractivity contribution is 5.15. The second-order valence-corrected chi connectivity index (χ2v) is 5.55. The summed E-state index contributed by atoms with van der Waals surface area (Å²) in [6.07, 6.45) is 7.35. The van der Waals surface area contributed by atoms with Crippen molar-refractivity contribution in [1.29, 1.82) is 0 Å². The van der Waals surface area contributed by atoms with E-state index in [9.17, 15) is 0 Å². The number of ether oxygens (including phenoxy) is 1. The van der Waals surface area contributed by atoms with Crippen molar-refractivity contribution in [3.8, 4) is 0 Å². The predicted molar refractivity (Wildman–Crippen MR) is 83.9 cm³/mol. The Bertz CT molecular complexity index is 363. The lowest BCUT2D eigenvalue weighted by Gasteiger charge is -2.14. The van der Waals surface area contributed by atoms with Gasteiger partial charge in [-0.05, 0) is 19.3 Å². The molecule has 1 heterocycles. The van der Waals surface area contributed by atoms with Crippen LogP contribution in [-0.4, -0.2) is 30.0 Å². The first-order chi connectivity index (χ1) is 9.71. The zero-order valence-electron chi connectivity index (χ0n) is 13.6. The maximum absolute atomic E-state index is 5.04. The summed E-state index contributed by atoms with van der Waals surface area (Å²) in [7, 11) is 1.73. The molecule has 0 amide bonds. The summed E-state index contributed by atoms with van der Waals surface area (Å²) in [6, 6.07) is 0. The molecule has 0 aliphatic heterocycles. The lowest BCUT2D eigenvalue weighted by atomic mass is 9.99. The second-order valence-electron chi connectivity index (χ2n) is 5.55. The number of aryl methyl sites for hydroxylation is 1. The van der Waals surface area contributed by atoms with Gasteiger partial charge in [0, 0.05) is 38.5 Å². The Hall–Kier alpha value is -0.870. The minimum absolute atomic E-state index is 0.752. The lowest BCUT2D eigenvalue weighted by molar-refractivity contribution is 0.199. The molecule has 1 atom stereocenters. The van der Waals surface area contributed by atoms with Gasteiger partial charge in [0.25, 0.3) is 0 Å². The molecule has 4 heteroatoms. The highest BCUT2D eigenvalue weighted by atomic mass is 16.5. The molecule has 0 fully saturated rings. The number of nitrogens with one attached hydrogen (secondary N) is 1. The highest BCUT2D eigenvalue weighted by Gasteiger charge is 2.10. The summed E-state index contributed by atoms with van der Waals surface area (Å²) < 4.78 is 7.17. The van der Waals surface area contributed by atoms with Crippen LogP contribution in [0.25, 0.3) is 0 Å². The van der Waals surface area contributed by atoms with Crippen molar-refractivity contribution in [3.05, 3.63) is 17.5 Å². The maximum atomic E-state index is 5.04. The van der Waals surface area contributed by atoms with Crippen LogP contribution in [0.4, 0.5) is 0 Å². The third-order valence-electron chi connectivity index (χ3n) is 3.83. The van der Waals surface area contributed by atoms with Crippen LogP contribution >= 0.6 is 0 Å². The van der Waals surface area contributed by atoms with Crippen LogP contribution in [0.5, 0.6) is 0 Å². The molecule has 0 radical (unpaired) electrons. The summed E-state index contributed by atoms with van der Waals surface area (Å²) in [5, 5.41) is 8.03. The zero-order valence-corrected chi connectivity index (χ0v) is 13.6. The van der Waals surface area contributed by atoms with Gasteiger partial charge in [-0.25, -0.2) is 0 Å². The number of hydrogen-bond acceptors (Lipinski definition) is 3. The number of rotatable bonds is 11. The second kappa shape index (κ2) is 9.94. The first-order valence-corrected chi connectivity index (χ1v) is 7.93. The Morgan fingerprint density at radius 1 is 1.40 bits per heavy atom. The van der Waals surface area contributed by atoms with Crippen LogP contribution < -0.4 is 5.32 Å². The quantitative estimate of drug-likeness (QED) is 0.633. The zero-order chi connectivity index (χ0) is 14.8. The fourth-order valence-corrected chi connectivity index (χ4v) is 2.41. The summed E-state index contributed by atoms with van der Waals surface area (Å²) in [6.45, 7) is 10.2. The van der Waals surface area contributed by atoms with Crippen molar-refractivity contribution in [1.82, 2.24) is 15.1 Å². The molecule has 116 valence electrons. The SMILES string of the molecule is CCCCC(CC)Cn1cc(CNCCOC)c(C)n1. The van der Waals surface area contributed by atoms with Gasteiger partial charge in [-0.15, -0.1) is 0 Å². The van der Waals surface area contributed by atoms with E-state index in [-0.39, 0.29) is 0 Å². The van der Waals surface area contributed by atoms with E-state index < -0.39 is 0 Å². The molecule has 0 aliphatic carbocycles. The van der Waals surface area contributed by atoms with Crippen LogP contribution in [0.1, 0.15) is 50.8 Å². The Morgan fingerprint density at radius 2 is 2.20 bits per heavy atom. The molecule has 0 saturated carbocycles. The minimum Gasteiger partial charge on any atom is -0.383 e. The first kappa shape index (κ1) is 17.2.